The minimum atomic E-state index is -0.733. The van der Waals surface area contributed by atoms with Crippen molar-refractivity contribution in [3.8, 4) is 0 Å². The predicted octanol–water partition coefficient (Wildman–Crippen LogP) is 2.87. The number of hydrogen-bond donors (Lipinski definition) is 1. The molecular formula is C10H11BrO2. The van der Waals surface area contributed by atoms with E-state index in [4.69, 9.17) is 5.11 Å². The largest absolute Gasteiger partial charge is 0.481 e. The summed E-state index contributed by atoms with van der Waals surface area (Å²) in [7, 11) is 0. The average Bonchev–Trinajstić information content (AvgIpc) is 2.15. The first kappa shape index (κ1) is 10.3. The molecule has 0 aliphatic heterocycles. The molecule has 0 aromatic heterocycles. The Balaban J connectivity index is 2.41. The minimum Gasteiger partial charge on any atom is -0.481 e. The molecule has 0 bridgehead atoms. The molecule has 0 amide bonds. The number of halogens is 1. The van der Waals surface area contributed by atoms with Crippen LogP contribution in [0, 0.1) is 5.92 Å². The highest BCUT2D eigenvalue weighted by molar-refractivity contribution is 9.11. The Morgan fingerprint density at radius 2 is 2.15 bits per heavy atom. The van der Waals surface area contributed by atoms with Gasteiger partial charge in [-0.15, -0.1) is 0 Å². The number of carboxylic acids is 1. The van der Waals surface area contributed by atoms with Crippen LogP contribution in [0.2, 0.25) is 0 Å². The Labute approximate surface area is 85.8 Å². The number of allylic oxidation sites excluding steroid dienone is 5. The molecule has 0 saturated carbocycles. The molecule has 0 aromatic rings. The number of rotatable bonds is 3. The van der Waals surface area contributed by atoms with E-state index >= 15 is 0 Å². The van der Waals surface area contributed by atoms with Crippen molar-refractivity contribution in [2.45, 2.75) is 12.8 Å². The molecule has 1 aliphatic rings. The maximum atomic E-state index is 10.3. The van der Waals surface area contributed by atoms with Crippen molar-refractivity contribution in [2.24, 2.45) is 5.92 Å². The van der Waals surface area contributed by atoms with E-state index in [1.165, 1.54) is 0 Å². The zero-order valence-electron chi connectivity index (χ0n) is 7.11. The zero-order chi connectivity index (χ0) is 9.68. The maximum Gasteiger partial charge on any atom is 0.303 e. The van der Waals surface area contributed by atoms with Gasteiger partial charge in [0, 0.05) is 6.42 Å². The minimum absolute atomic E-state index is 0.229. The third kappa shape index (κ3) is 3.59. The first-order chi connectivity index (χ1) is 6.22. The molecule has 0 saturated heterocycles. The highest BCUT2D eigenvalue weighted by Gasteiger charge is 2.06. The van der Waals surface area contributed by atoms with Crippen molar-refractivity contribution in [2.75, 3.05) is 0 Å². The van der Waals surface area contributed by atoms with Gasteiger partial charge in [-0.05, 0) is 22.9 Å². The van der Waals surface area contributed by atoms with Crippen molar-refractivity contribution in [3.05, 3.63) is 34.9 Å². The fourth-order valence-corrected chi connectivity index (χ4v) is 1.45. The second kappa shape index (κ2) is 5.02. The molecule has 0 fully saturated rings. The molecule has 1 aliphatic carbocycles. The first-order valence-electron chi connectivity index (χ1n) is 4.11. The second-order valence-electron chi connectivity index (χ2n) is 2.92. The molecule has 2 nitrogen and oxygen atoms in total. The number of carboxylic acid groups (broad SMARTS) is 1. The van der Waals surface area contributed by atoms with Gasteiger partial charge in [0.15, 0.2) is 0 Å². The smallest absolute Gasteiger partial charge is 0.303 e. The lowest BCUT2D eigenvalue weighted by molar-refractivity contribution is -0.137. The van der Waals surface area contributed by atoms with E-state index in [0.717, 1.165) is 5.57 Å². The van der Waals surface area contributed by atoms with Crippen molar-refractivity contribution in [3.63, 3.8) is 0 Å². The lowest BCUT2D eigenvalue weighted by Crippen LogP contribution is -2.01. The fraction of sp³-hybridized carbons (Fsp3) is 0.300. The number of aliphatic carboxylic acids is 1. The molecule has 0 spiro atoms. The summed E-state index contributed by atoms with van der Waals surface area (Å²) >= 11 is 3.23. The number of hydrogen-bond acceptors (Lipinski definition) is 1. The maximum absolute atomic E-state index is 10.3. The lowest BCUT2D eigenvalue weighted by Gasteiger charge is -2.09. The van der Waals surface area contributed by atoms with Gasteiger partial charge in [0.05, 0.1) is 0 Å². The molecule has 13 heavy (non-hydrogen) atoms. The van der Waals surface area contributed by atoms with E-state index in [0.29, 0.717) is 6.42 Å². The van der Waals surface area contributed by atoms with E-state index in [1.807, 2.05) is 29.3 Å². The zero-order valence-corrected chi connectivity index (χ0v) is 8.70. The van der Waals surface area contributed by atoms with Crippen LogP contribution in [-0.2, 0) is 4.79 Å². The summed E-state index contributed by atoms with van der Waals surface area (Å²) in [6.45, 7) is 0. The van der Waals surface area contributed by atoms with E-state index in [9.17, 15) is 4.79 Å². The average molecular weight is 243 g/mol. The Morgan fingerprint density at radius 1 is 1.54 bits per heavy atom. The highest BCUT2D eigenvalue weighted by Crippen LogP contribution is 2.18. The normalized spacial score (nSPS) is 20.4. The van der Waals surface area contributed by atoms with Crippen LogP contribution in [-0.4, -0.2) is 11.1 Å². The molecule has 1 N–H and O–H groups in total. The Morgan fingerprint density at radius 3 is 2.62 bits per heavy atom. The molecule has 0 aromatic carbocycles. The van der Waals surface area contributed by atoms with Crippen LogP contribution in [0.15, 0.2) is 34.9 Å². The summed E-state index contributed by atoms with van der Waals surface area (Å²) in [5, 5.41) is 8.48. The number of carbonyl (C=O) groups is 1. The highest BCUT2D eigenvalue weighted by atomic mass is 79.9. The van der Waals surface area contributed by atoms with Crippen molar-refractivity contribution >= 4 is 21.9 Å². The molecule has 3 heteroatoms. The van der Waals surface area contributed by atoms with Crippen LogP contribution in [0.5, 0.6) is 0 Å². The Bertz CT molecular complexity index is 261. The van der Waals surface area contributed by atoms with Crippen molar-refractivity contribution in [1.29, 1.82) is 0 Å². The van der Waals surface area contributed by atoms with Gasteiger partial charge in [-0.3, -0.25) is 4.79 Å². The molecule has 1 rings (SSSR count). The van der Waals surface area contributed by atoms with Crippen LogP contribution >= 0.6 is 15.9 Å². The van der Waals surface area contributed by atoms with E-state index in [1.54, 1.807) is 0 Å². The van der Waals surface area contributed by atoms with Crippen molar-refractivity contribution < 1.29 is 9.90 Å². The van der Waals surface area contributed by atoms with Gasteiger partial charge in [-0.1, -0.05) is 40.2 Å². The van der Waals surface area contributed by atoms with Crippen LogP contribution in [0.4, 0.5) is 0 Å². The van der Waals surface area contributed by atoms with Crippen LogP contribution in [0.1, 0.15) is 12.8 Å². The van der Waals surface area contributed by atoms with Crippen LogP contribution in [0.25, 0.3) is 0 Å². The summed E-state index contributed by atoms with van der Waals surface area (Å²) in [6.07, 6.45) is 8.93. The summed E-state index contributed by atoms with van der Waals surface area (Å²) in [6, 6.07) is 0. The summed E-state index contributed by atoms with van der Waals surface area (Å²) < 4.78 is 0. The summed E-state index contributed by atoms with van der Waals surface area (Å²) in [5.74, 6) is -0.462. The van der Waals surface area contributed by atoms with Crippen molar-refractivity contribution in [1.82, 2.24) is 0 Å². The molecule has 70 valence electrons. The second-order valence-corrected chi connectivity index (χ2v) is 3.38. The standard InChI is InChI=1S/C10H11BrO2/c11-7-9-3-1-8(2-4-9)5-6-10(12)13/h1-4,7-8H,5-6H2,(H,12,13). The molecule has 0 atom stereocenters. The van der Waals surface area contributed by atoms with Gasteiger partial charge in [0.25, 0.3) is 0 Å². The van der Waals surface area contributed by atoms with E-state index < -0.39 is 5.97 Å². The SMILES string of the molecule is O=C(O)CCC1C=CC(=CBr)C=C1. The van der Waals surface area contributed by atoms with Gasteiger partial charge in [-0.2, -0.15) is 0 Å². The third-order valence-corrected chi connectivity index (χ3v) is 2.42. The van der Waals surface area contributed by atoms with Gasteiger partial charge < -0.3 is 5.11 Å². The van der Waals surface area contributed by atoms with Gasteiger partial charge >= 0.3 is 5.97 Å². The lowest BCUT2D eigenvalue weighted by atomic mass is 9.96. The van der Waals surface area contributed by atoms with Crippen LogP contribution < -0.4 is 0 Å². The first-order valence-corrected chi connectivity index (χ1v) is 5.02. The molecule has 0 heterocycles. The third-order valence-electron chi connectivity index (χ3n) is 1.89. The van der Waals surface area contributed by atoms with Gasteiger partial charge in [-0.25, -0.2) is 0 Å². The molecular weight excluding hydrogens is 232 g/mol. The van der Waals surface area contributed by atoms with Gasteiger partial charge in [0.1, 0.15) is 0 Å². The fourth-order valence-electron chi connectivity index (χ4n) is 1.14. The Kier molecular flexibility index (Phi) is 3.96. The Hall–Kier alpha value is -0.830. The monoisotopic (exact) mass is 242 g/mol. The molecule has 0 radical (unpaired) electrons. The van der Waals surface area contributed by atoms with E-state index in [-0.39, 0.29) is 12.3 Å². The summed E-state index contributed by atoms with van der Waals surface area (Å²) in [4.78, 5) is 12.1. The summed E-state index contributed by atoms with van der Waals surface area (Å²) in [5.41, 5.74) is 1.10. The predicted molar refractivity (Wildman–Crippen MR) is 55.6 cm³/mol. The van der Waals surface area contributed by atoms with Gasteiger partial charge in [0.2, 0.25) is 0 Å². The molecule has 0 unspecified atom stereocenters. The van der Waals surface area contributed by atoms with E-state index in [2.05, 4.69) is 15.9 Å². The quantitative estimate of drug-likeness (QED) is 0.827. The van der Waals surface area contributed by atoms with Crippen LogP contribution in [0.3, 0.4) is 0 Å². The topological polar surface area (TPSA) is 37.3 Å².